The van der Waals surface area contributed by atoms with E-state index < -0.39 is 11.6 Å². The summed E-state index contributed by atoms with van der Waals surface area (Å²) in [4.78, 5) is 16.1. The summed E-state index contributed by atoms with van der Waals surface area (Å²) in [6, 6.07) is 17.0. The van der Waals surface area contributed by atoms with Crippen LogP contribution in [0.4, 0.5) is 20.3 Å². The number of rotatable bonds is 4. The van der Waals surface area contributed by atoms with Crippen molar-refractivity contribution in [1.82, 2.24) is 15.0 Å². The standard InChI is InChI=1S/C28H19ClF2N4O/c1-36-24-14-18(20-5-2-6-22(30)25(20)31)13-21-26(24)33-27(17-4-3-10-32-15-17)34-28(21)35-11-9-16-12-19(29)7-8-23(16)35/h2-8,10,12-15H,9,11H2,1H3. The van der Waals surface area contributed by atoms with Gasteiger partial charge in [0.1, 0.15) is 17.1 Å². The predicted octanol–water partition coefficient (Wildman–Crippen LogP) is 6.99. The molecule has 8 heteroatoms. The zero-order chi connectivity index (χ0) is 24.8. The SMILES string of the molecule is COc1cc(-c2cccc(F)c2F)cc2c(N3CCc4cc(Cl)ccc43)nc(-c3cccnc3)nc12. The van der Waals surface area contributed by atoms with Crippen molar-refractivity contribution in [2.24, 2.45) is 0 Å². The Balaban J connectivity index is 1.65. The molecule has 1 aliphatic rings. The fourth-order valence-electron chi connectivity index (χ4n) is 4.64. The van der Waals surface area contributed by atoms with Gasteiger partial charge in [0.2, 0.25) is 0 Å². The molecular formula is C28H19ClF2N4O. The van der Waals surface area contributed by atoms with E-state index in [0.29, 0.717) is 45.4 Å². The Hall–Kier alpha value is -4.10. The molecule has 178 valence electrons. The number of methoxy groups -OCH3 is 1. The van der Waals surface area contributed by atoms with Crippen LogP contribution in [-0.4, -0.2) is 28.6 Å². The van der Waals surface area contributed by atoms with E-state index in [1.54, 1.807) is 24.5 Å². The van der Waals surface area contributed by atoms with E-state index in [1.165, 1.54) is 19.2 Å². The Morgan fingerprint density at radius 1 is 0.972 bits per heavy atom. The van der Waals surface area contributed by atoms with Crippen LogP contribution in [0.3, 0.4) is 0 Å². The number of ether oxygens (including phenoxy) is 1. The molecule has 5 nitrogen and oxygen atoms in total. The third-order valence-electron chi connectivity index (χ3n) is 6.34. The highest BCUT2D eigenvalue weighted by Gasteiger charge is 2.26. The molecular weight excluding hydrogens is 482 g/mol. The monoisotopic (exact) mass is 500 g/mol. The molecule has 0 N–H and O–H groups in total. The van der Waals surface area contributed by atoms with Gasteiger partial charge in [-0.25, -0.2) is 18.7 Å². The predicted molar refractivity (Wildman–Crippen MR) is 137 cm³/mol. The molecule has 3 heterocycles. The van der Waals surface area contributed by atoms with Crippen LogP contribution in [0, 0.1) is 11.6 Å². The first-order valence-electron chi connectivity index (χ1n) is 11.3. The molecule has 3 aromatic carbocycles. The van der Waals surface area contributed by atoms with E-state index in [2.05, 4.69) is 9.88 Å². The first kappa shape index (κ1) is 22.4. The average molecular weight is 501 g/mol. The molecule has 0 aliphatic carbocycles. The Kier molecular flexibility index (Phi) is 5.49. The maximum atomic E-state index is 14.8. The molecule has 0 fully saturated rings. The molecule has 0 unspecified atom stereocenters. The second-order valence-electron chi connectivity index (χ2n) is 8.46. The molecule has 5 aromatic rings. The Morgan fingerprint density at radius 3 is 2.67 bits per heavy atom. The molecule has 0 radical (unpaired) electrons. The smallest absolute Gasteiger partial charge is 0.166 e. The van der Waals surface area contributed by atoms with E-state index in [9.17, 15) is 8.78 Å². The van der Waals surface area contributed by atoms with E-state index in [-0.39, 0.29) is 5.56 Å². The summed E-state index contributed by atoms with van der Waals surface area (Å²) < 4.78 is 34.5. The molecule has 2 aromatic heterocycles. The molecule has 0 atom stereocenters. The van der Waals surface area contributed by atoms with E-state index in [4.69, 9.17) is 26.3 Å². The lowest BCUT2D eigenvalue weighted by atomic mass is 10.0. The van der Waals surface area contributed by atoms with Gasteiger partial charge in [0.25, 0.3) is 0 Å². The molecule has 0 bridgehead atoms. The first-order valence-corrected chi connectivity index (χ1v) is 11.7. The zero-order valence-corrected chi connectivity index (χ0v) is 19.9. The Bertz CT molecular complexity index is 1630. The topological polar surface area (TPSA) is 51.1 Å². The fourth-order valence-corrected chi connectivity index (χ4v) is 4.84. The maximum absolute atomic E-state index is 14.8. The van der Waals surface area contributed by atoms with Gasteiger partial charge in [0.15, 0.2) is 17.5 Å². The minimum Gasteiger partial charge on any atom is -0.494 e. The quantitative estimate of drug-likeness (QED) is 0.266. The van der Waals surface area contributed by atoms with Crippen LogP contribution in [-0.2, 0) is 6.42 Å². The van der Waals surface area contributed by atoms with Crippen LogP contribution < -0.4 is 9.64 Å². The minimum atomic E-state index is -0.922. The number of fused-ring (bicyclic) bond motifs is 2. The number of pyridine rings is 1. The van der Waals surface area contributed by atoms with Crippen molar-refractivity contribution in [3.63, 3.8) is 0 Å². The van der Waals surface area contributed by atoms with Crippen molar-refractivity contribution in [2.45, 2.75) is 6.42 Å². The zero-order valence-electron chi connectivity index (χ0n) is 19.2. The molecule has 0 saturated carbocycles. The van der Waals surface area contributed by atoms with Gasteiger partial charge in [-0.1, -0.05) is 23.7 Å². The summed E-state index contributed by atoms with van der Waals surface area (Å²) in [5.41, 5.74) is 3.99. The van der Waals surface area contributed by atoms with Crippen molar-refractivity contribution in [2.75, 3.05) is 18.6 Å². The molecule has 0 spiro atoms. The van der Waals surface area contributed by atoms with Gasteiger partial charge in [0.05, 0.1) is 7.11 Å². The van der Waals surface area contributed by atoms with Gasteiger partial charge in [-0.2, -0.15) is 0 Å². The average Bonchev–Trinajstić information content (AvgIpc) is 3.32. The van der Waals surface area contributed by atoms with Crippen LogP contribution in [0.2, 0.25) is 5.02 Å². The summed E-state index contributed by atoms with van der Waals surface area (Å²) in [7, 11) is 1.53. The van der Waals surface area contributed by atoms with E-state index in [0.717, 1.165) is 29.3 Å². The molecule has 1 aliphatic heterocycles. The minimum absolute atomic E-state index is 0.131. The lowest BCUT2D eigenvalue weighted by Crippen LogP contribution is -2.16. The first-order chi connectivity index (χ1) is 17.5. The number of aromatic nitrogens is 3. The molecule has 36 heavy (non-hydrogen) atoms. The van der Waals surface area contributed by atoms with Crippen molar-refractivity contribution >= 4 is 34.0 Å². The van der Waals surface area contributed by atoms with Crippen LogP contribution in [0.1, 0.15) is 5.56 Å². The summed E-state index contributed by atoms with van der Waals surface area (Å²) in [6.07, 6.45) is 4.18. The largest absolute Gasteiger partial charge is 0.494 e. The number of anilines is 2. The Morgan fingerprint density at radius 2 is 1.86 bits per heavy atom. The molecule has 0 amide bonds. The van der Waals surface area contributed by atoms with Crippen molar-refractivity contribution in [3.8, 4) is 28.3 Å². The summed E-state index contributed by atoms with van der Waals surface area (Å²) in [6.45, 7) is 0.676. The van der Waals surface area contributed by atoms with Gasteiger partial charge in [-0.05, 0) is 66.1 Å². The maximum Gasteiger partial charge on any atom is 0.166 e. The summed E-state index contributed by atoms with van der Waals surface area (Å²) in [5.74, 6) is -0.293. The Labute approximate surface area is 211 Å². The van der Waals surface area contributed by atoms with Gasteiger partial charge in [0, 0.05) is 46.2 Å². The van der Waals surface area contributed by atoms with Gasteiger partial charge in [-0.15, -0.1) is 0 Å². The van der Waals surface area contributed by atoms with Crippen molar-refractivity contribution in [3.05, 3.63) is 95.3 Å². The number of hydrogen-bond acceptors (Lipinski definition) is 5. The fraction of sp³-hybridized carbons (Fsp3) is 0.107. The summed E-state index contributed by atoms with van der Waals surface area (Å²) in [5, 5.41) is 1.33. The highest BCUT2D eigenvalue weighted by molar-refractivity contribution is 6.30. The van der Waals surface area contributed by atoms with Gasteiger partial charge in [-0.3, -0.25) is 4.98 Å². The third-order valence-corrected chi connectivity index (χ3v) is 6.58. The number of benzene rings is 3. The summed E-state index contributed by atoms with van der Waals surface area (Å²) >= 11 is 6.24. The van der Waals surface area contributed by atoms with Crippen molar-refractivity contribution < 1.29 is 13.5 Å². The molecule has 6 rings (SSSR count). The van der Waals surface area contributed by atoms with Crippen LogP contribution in [0.25, 0.3) is 33.4 Å². The van der Waals surface area contributed by atoms with Crippen LogP contribution in [0.15, 0.2) is 73.1 Å². The van der Waals surface area contributed by atoms with E-state index >= 15 is 0 Å². The normalized spacial score (nSPS) is 12.7. The number of hydrogen-bond donors (Lipinski definition) is 0. The number of nitrogens with zero attached hydrogens (tertiary/aromatic N) is 4. The second-order valence-corrected chi connectivity index (χ2v) is 8.90. The van der Waals surface area contributed by atoms with Gasteiger partial charge < -0.3 is 9.64 Å². The van der Waals surface area contributed by atoms with Gasteiger partial charge >= 0.3 is 0 Å². The lowest BCUT2D eigenvalue weighted by molar-refractivity contribution is 0.419. The highest BCUT2D eigenvalue weighted by Crippen LogP contribution is 2.42. The number of halogens is 3. The van der Waals surface area contributed by atoms with Crippen molar-refractivity contribution in [1.29, 1.82) is 0 Å². The van der Waals surface area contributed by atoms with E-state index in [1.807, 2.05) is 30.3 Å². The van der Waals surface area contributed by atoms with Crippen LogP contribution in [0.5, 0.6) is 5.75 Å². The third kappa shape index (κ3) is 3.72. The molecule has 0 saturated heterocycles. The van der Waals surface area contributed by atoms with Crippen LogP contribution >= 0.6 is 11.6 Å². The highest BCUT2D eigenvalue weighted by atomic mass is 35.5. The lowest BCUT2D eigenvalue weighted by Gasteiger charge is -2.22. The second kappa shape index (κ2) is 8.84.